The molecule has 1 aliphatic heterocycles. The Morgan fingerprint density at radius 2 is 2.09 bits per heavy atom. The fourth-order valence-corrected chi connectivity index (χ4v) is 5.11. The summed E-state index contributed by atoms with van der Waals surface area (Å²) in [5.41, 5.74) is 1.01. The predicted octanol–water partition coefficient (Wildman–Crippen LogP) is 3.10. The molecule has 0 saturated carbocycles. The third kappa shape index (κ3) is 4.40. The Hall–Kier alpha value is -0.780. The zero-order valence-electron chi connectivity index (χ0n) is 12.4. The summed E-state index contributed by atoms with van der Waals surface area (Å²) in [6.45, 7) is 0.562. The first kappa shape index (κ1) is 18.6. The highest BCUT2D eigenvalue weighted by atomic mass is 79.9. The van der Waals surface area contributed by atoms with Crippen molar-refractivity contribution in [2.45, 2.75) is 23.7 Å². The first-order chi connectivity index (χ1) is 11.0. The van der Waals surface area contributed by atoms with Crippen LogP contribution in [0.25, 0.3) is 0 Å². The molecule has 0 aromatic heterocycles. The smallest absolute Gasteiger partial charge is 0.224 e. The Morgan fingerprint density at radius 3 is 2.65 bits per heavy atom. The van der Waals surface area contributed by atoms with Crippen molar-refractivity contribution in [2.75, 3.05) is 13.7 Å². The van der Waals surface area contributed by atoms with Crippen molar-refractivity contribution in [1.82, 2.24) is 10.6 Å². The number of carbonyl (C=O) groups is 1. The van der Waals surface area contributed by atoms with E-state index >= 15 is 0 Å². The second-order valence-electron chi connectivity index (χ2n) is 5.29. The summed E-state index contributed by atoms with van der Waals surface area (Å²) < 4.78 is 6.96. The van der Waals surface area contributed by atoms with Crippen LogP contribution in [-0.4, -0.2) is 30.4 Å². The molecular weight excluding hydrogens is 494 g/mol. The summed E-state index contributed by atoms with van der Waals surface area (Å²) in [7, 11) is 1.61. The number of amides is 1. The van der Waals surface area contributed by atoms with Crippen molar-refractivity contribution in [2.24, 2.45) is 5.92 Å². The molecule has 2 rings (SSSR count). The van der Waals surface area contributed by atoms with Crippen LogP contribution >= 0.6 is 47.8 Å². The number of nitrogens with one attached hydrogen (secondary N) is 2. The van der Waals surface area contributed by atoms with E-state index in [1.165, 1.54) is 0 Å². The van der Waals surface area contributed by atoms with Crippen LogP contribution in [0.2, 0.25) is 0 Å². The third-order valence-corrected chi connectivity index (χ3v) is 6.28. The number of halogens is 3. The fourth-order valence-electron chi connectivity index (χ4n) is 2.69. The van der Waals surface area contributed by atoms with Crippen LogP contribution in [0, 0.1) is 17.4 Å². The normalized spacial score (nSPS) is 24.3. The number of ether oxygens (including phenoxy) is 1. The number of nitrogens with zero attached hydrogens (tertiary/aromatic N) is 1. The molecule has 1 heterocycles. The van der Waals surface area contributed by atoms with E-state index in [2.05, 4.69) is 58.4 Å². The molecule has 0 spiro atoms. The Morgan fingerprint density at radius 1 is 1.43 bits per heavy atom. The van der Waals surface area contributed by atoms with Crippen LogP contribution in [0.1, 0.15) is 12.0 Å². The fraction of sp³-hybridized carbons (Fsp3) is 0.467. The minimum atomic E-state index is -0.268. The van der Waals surface area contributed by atoms with Crippen LogP contribution in [0.5, 0.6) is 5.75 Å². The van der Waals surface area contributed by atoms with E-state index in [0.29, 0.717) is 19.4 Å². The largest absolute Gasteiger partial charge is 0.494 e. The van der Waals surface area contributed by atoms with Gasteiger partial charge in [0.05, 0.1) is 28.0 Å². The number of methoxy groups -OCH3 is 1. The van der Waals surface area contributed by atoms with Crippen LogP contribution in [0.3, 0.4) is 0 Å². The number of hydrogen-bond acceptors (Lipinski definition) is 4. The Bertz CT molecular complexity index is 610. The van der Waals surface area contributed by atoms with Gasteiger partial charge in [0.15, 0.2) is 6.19 Å². The molecule has 1 aromatic rings. The van der Waals surface area contributed by atoms with Crippen LogP contribution < -0.4 is 15.4 Å². The molecule has 3 atom stereocenters. The van der Waals surface area contributed by atoms with Gasteiger partial charge < -0.3 is 15.4 Å². The molecule has 1 fully saturated rings. The van der Waals surface area contributed by atoms with E-state index in [4.69, 9.17) is 10.00 Å². The van der Waals surface area contributed by atoms with E-state index in [-0.39, 0.29) is 22.7 Å². The van der Waals surface area contributed by atoms with Crippen molar-refractivity contribution in [3.05, 3.63) is 26.6 Å². The minimum absolute atomic E-state index is 0.00261. The lowest BCUT2D eigenvalue weighted by Gasteiger charge is -2.24. The molecule has 2 N–H and O–H groups in total. The van der Waals surface area contributed by atoms with Gasteiger partial charge in [-0.15, -0.1) is 0 Å². The topological polar surface area (TPSA) is 74.2 Å². The molecule has 8 heteroatoms. The highest BCUT2D eigenvalue weighted by Gasteiger charge is 2.35. The van der Waals surface area contributed by atoms with E-state index < -0.39 is 0 Å². The molecule has 23 heavy (non-hydrogen) atoms. The van der Waals surface area contributed by atoms with Crippen molar-refractivity contribution in [1.29, 1.82) is 5.26 Å². The molecule has 1 aromatic carbocycles. The maximum Gasteiger partial charge on any atom is 0.224 e. The lowest BCUT2D eigenvalue weighted by Crippen LogP contribution is -2.41. The number of benzene rings is 1. The van der Waals surface area contributed by atoms with Crippen molar-refractivity contribution >= 4 is 53.7 Å². The second kappa shape index (κ2) is 8.36. The quantitative estimate of drug-likeness (QED) is 0.371. The van der Waals surface area contributed by atoms with E-state index in [0.717, 1.165) is 20.3 Å². The molecule has 1 amide bonds. The van der Waals surface area contributed by atoms with Gasteiger partial charge in [-0.3, -0.25) is 4.79 Å². The standard InChI is InChI=1S/C15H16Br3N3O2/c1-23-14-10(16)5-8(6-11(14)17)4-9-13(18)12(21-7-19)2-3-20-15(9)22/h5-6,9,12-13,21H,2-4H2,1H3,(H,20,22)/t9?,12-,13-/m0/s1. The molecule has 1 saturated heterocycles. The van der Waals surface area contributed by atoms with Crippen LogP contribution in [0.15, 0.2) is 21.1 Å². The summed E-state index contributed by atoms with van der Waals surface area (Å²) in [6.07, 6.45) is 3.25. The van der Waals surface area contributed by atoms with E-state index in [1.807, 2.05) is 18.3 Å². The number of carbonyl (C=O) groups excluding carboxylic acids is 1. The highest BCUT2D eigenvalue weighted by Crippen LogP contribution is 2.36. The summed E-state index contributed by atoms with van der Waals surface area (Å²) in [5, 5.41) is 14.6. The second-order valence-corrected chi connectivity index (χ2v) is 8.06. The number of alkyl halides is 1. The van der Waals surface area contributed by atoms with Crippen LogP contribution in [-0.2, 0) is 11.2 Å². The molecule has 124 valence electrons. The Labute approximate surface area is 160 Å². The van der Waals surface area contributed by atoms with Gasteiger partial charge >= 0.3 is 0 Å². The van der Waals surface area contributed by atoms with Crippen molar-refractivity contribution in [3.63, 3.8) is 0 Å². The predicted molar refractivity (Wildman–Crippen MR) is 98.5 cm³/mol. The Kier molecular flexibility index (Phi) is 6.74. The maximum atomic E-state index is 12.4. The van der Waals surface area contributed by atoms with Gasteiger partial charge in [0.25, 0.3) is 0 Å². The molecule has 1 aliphatic rings. The molecule has 0 radical (unpaired) electrons. The number of rotatable bonds is 4. The van der Waals surface area contributed by atoms with Gasteiger partial charge in [0.2, 0.25) is 5.91 Å². The van der Waals surface area contributed by atoms with Gasteiger partial charge in [-0.2, -0.15) is 5.26 Å². The van der Waals surface area contributed by atoms with Gasteiger partial charge in [0.1, 0.15) is 5.75 Å². The van der Waals surface area contributed by atoms with Crippen LogP contribution in [0.4, 0.5) is 0 Å². The molecular formula is C15H16Br3N3O2. The van der Waals surface area contributed by atoms with Gasteiger partial charge in [-0.25, -0.2) is 0 Å². The summed E-state index contributed by atoms with van der Waals surface area (Å²) in [4.78, 5) is 12.3. The van der Waals surface area contributed by atoms with E-state index in [1.54, 1.807) is 7.11 Å². The number of nitriles is 1. The maximum absolute atomic E-state index is 12.4. The summed E-state index contributed by atoms with van der Waals surface area (Å²) in [6, 6.07) is 3.83. The average Bonchev–Trinajstić information content (AvgIpc) is 2.62. The van der Waals surface area contributed by atoms with Crippen molar-refractivity contribution < 1.29 is 9.53 Å². The first-order valence-electron chi connectivity index (χ1n) is 7.06. The minimum Gasteiger partial charge on any atom is -0.494 e. The third-order valence-electron chi connectivity index (χ3n) is 3.83. The monoisotopic (exact) mass is 507 g/mol. The van der Waals surface area contributed by atoms with Gasteiger partial charge in [-0.05, 0) is 62.4 Å². The highest BCUT2D eigenvalue weighted by molar-refractivity contribution is 9.11. The molecule has 0 aliphatic carbocycles. The Balaban J connectivity index is 2.25. The van der Waals surface area contributed by atoms with Gasteiger partial charge in [-0.1, -0.05) is 15.9 Å². The zero-order chi connectivity index (χ0) is 17.0. The van der Waals surface area contributed by atoms with Crippen molar-refractivity contribution in [3.8, 4) is 11.9 Å². The SMILES string of the molecule is COc1c(Br)cc(CC2C(=O)NCC[C@H](NC#N)[C@H]2Br)cc1Br. The molecule has 5 nitrogen and oxygen atoms in total. The summed E-state index contributed by atoms with van der Waals surface area (Å²) >= 11 is 10.6. The summed E-state index contributed by atoms with van der Waals surface area (Å²) in [5.74, 6) is 0.450. The first-order valence-corrected chi connectivity index (χ1v) is 9.56. The molecule has 0 bridgehead atoms. The lowest BCUT2D eigenvalue weighted by molar-refractivity contribution is -0.124. The van der Waals surface area contributed by atoms with Gasteiger partial charge in [0, 0.05) is 11.4 Å². The average molecular weight is 510 g/mol. The lowest BCUT2D eigenvalue weighted by atomic mass is 9.92. The molecule has 1 unspecified atom stereocenters. The number of hydrogen-bond donors (Lipinski definition) is 2. The van der Waals surface area contributed by atoms with E-state index in [9.17, 15) is 4.79 Å². The zero-order valence-corrected chi connectivity index (χ0v) is 17.2.